The number of rotatable bonds is 6. The third-order valence-electron chi connectivity index (χ3n) is 6.24. The summed E-state index contributed by atoms with van der Waals surface area (Å²) in [5.41, 5.74) is -0.0973. The molecule has 1 aromatic rings. The van der Waals surface area contributed by atoms with Crippen molar-refractivity contribution in [2.24, 2.45) is 17.8 Å². The van der Waals surface area contributed by atoms with Crippen molar-refractivity contribution in [2.45, 2.75) is 57.1 Å². The predicted molar refractivity (Wildman–Crippen MR) is 101 cm³/mol. The number of carbonyl (C=O) groups excluding carboxylic acids is 3. The van der Waals surface area contributed by atoms with E-state index in [9.17, 15) is 14.4 Å². The summed E-state index contributed by atoms with van der Waals surface area (Å²) in [5, 5.41) is 7.53. The van der Waals surface area contributed by atoms with E-state index in [0.717, 1.165) is 37.0 Å². The largest absolute Gasteiger partial charge is 0.451 e. The van der Waals surface area contributed by atoms with Crippen LogP contribution in [0.1, 0.15) is 55.1 Å². The Balaban J connectivity index is 1.25. The van der Waals surface area contributed by atoms with Crippen LogP contribution in [0, 0.1) is 17.8 Å². The second-order valence-electron chi connectivity index (χ2n) is 8.48. The Morgan fingerprint density at radius 1 is 1.19 bits per heavy atom. The van der Waals surface area contributed by atoms with Gasteiger partial charge in [0, 0.05) is 5.54 Å². The van der Waals surface area contributed by atoms with Crippen LogP contribution < -0.4 is 10.6 Å². The number of nitrogens with one attached hydrogen (secondary N) is 2. The molecule has 4 bridgehead atoms. The molecule has 1 aromatic heterocycles. The topological polar surface area (TPSA) is 84.5 Å². The quantitative estimate of drug-likeness (QED) is 0.731. The molecule has 0 spiro atoms. The van der Waals surface area contributed by atoms with E-state index in [4.69, 9.17) is 4.74 Å². The molecule has 0 radical (unpaired) electrons. The number of esters is 1. The molecular formula is C20H26N2O4S. The molecule has 4 saturated carbocycles. The summed E-state index contributed by atoms with van der Waals surface area (Å²) in [7, 11) is 0. The van der Waals surface area contributed by atoms with E-state index < -0.39 is 12.1 Å². The van der Waals surface area contributed by atoms with Crippen LogP contribution in [-0.4, -0.2) is 36.0 Å². The van der Waals surface area contributed by atoms with E-state index in [0.29, 0.717) is 4.88 Å². The van der Waals surface area contributed by atoms with E-state index in [1.807, 2.05) is 0 Å². The van der Waals surface area contributed by atoms with Crippen molar-refractivity contribution >= 4 is 29.1 Å². The number of hydrogen-bond donors (Lipinski definition) is 2. The summed E-state index contributed by atoms with van der Waals surface area (Å²) >= 11 is 1.30. The summed E-state index contributed by atoms with van der Waals surface area (Å²) in [6, 6.07) is 3.46. The molecule has 4 aliphatic carbocycles. The summed E-state index contributed by atoms with van der Waals surface area (Å²) in [6.45, 7) is 1.35. The highest BCUT2D eigenvalue weighted by Gasteiger charge is 2.51. The van der Waals surface area contributed by atoms with Crippen molar-refractivity contribution < 1.29 is 19.1 Å². The lowest BCUT2D eigenvalue weighted by atomic mass is 9.53. The Morgan fingerprint density at radius 2 is 1.81 bits per heavy atom. The smallest absolute Gasteiger partial charge is 0.326 e. The third kappa shape index (κ3) is 4.03. The minimum absolute atomic E-state index is 0.0973. The van der Waals surface area contributed by atoms with Crippen molar-refractivity contribution in [3.8, 4) is 0 Å². The average molecular weight is 391 g/mol. The Bertz CT molecular complexity index is 695. The Hall–Kier alpha value is -1.89. The number of carbonyl (C=O) groups is 3. The molecule has 2 amide bonds. The fourth-order valence-electron chi connectivity index (χ4n) is 5.57. The lowest BCUT2D eigenvalue weighted by Gasteiger charge is -2.57. The van der Waals surface area contributed by atoms with Crippen molar-refractivity contribution in [1.82, 2.24) is 10.6 Å². The van der Waals surface area contributed by atoms with E-state index in [1.165, 1.54) is 30.6 Å². The van der Waals surface area contributed by atoms with Gasteiger partial charge in [0.2, 0.25) is 0 Å². The van der Waals surface area contributed by atoms with Crippen molar-refractivity contribution in [2.75, 3.05) is 6.54 Å². The molecule has 5 rings (SSSR count). The minimum atomic E-state index is -0.857. The number of hydrogen-bond acceptors (Lipinski definition) is 5. The van der Waals surface area contributed by atoms with Crippen LogP contribution in [0.2, 0.25) is 0 Å². The minimum Gasteiger partial charge on any atom is -0.451 e. The fraction of sp³-hybridized carbons (Fsp3) is 0.650. The Labute approximate surface area is 163 Å². The first-order valence-electron chi connectivity index (χ1n) is 9.76. The van der Waals surface area contributed by atoms with Crippen molar-refractivity contribution in [3.05, 3.63) is 22.4 Å². The monoisotopic (exact) mass is 390 g/mol. The van der Waals surface area contributed by atoms with Gasteiger partial charge < -0.3 is 15.4 Å². The van der Waals surface area contributed by atoms with Gasteiger partial charge in [-0.25, -0.2) is 0 Å². The van der Waals surface area contributed by atoms with Gasteiger partial charge in [0.1, 0.15) is 6.54 Å². The first-order chi connectivity index (χ1) is 12.9. The van der Waals surface area contributed by atoms with Crippen LogP contribution in [0.25, 0.3) is 0 Å². The normalized spacial score (nSPS) is 32.0. The second-order valence-corrected chi connectivity index (χ2v) is 9.43. The molecular weight excluding hydrogens is 364 g/mol. The van der Waals surface area contributed by atoms with E-state index >= 15 is 0 Å². The maximum atomic E-state index is 12.6. The highest BCUT2D eigenvalue weighted by molar-refractivity contribution is 7.12. The first kappa shape index (κ1) is 18.5. The standard InChI is InChI=1S/C20H26N2O4S/c1-12(26-17(23)11-21-19(25)16-3-2-4-27-16)18(24)22-20-8-13-5-14(9-20)7-15(6-13)10-20/h2-4,12-15H,5-11H2,1H3,(H,21,25)(H,22,24)/t12-,13?,14?,15?,20?/m1/s1. The molecule has 1 atom stereocenters. The Kier molecular flexibility index (Phi) is 4.97. The zero-order valence-electron chi connectivity index (χ0n) is 15.5. The number of amides is 2. The van der Waals surface area contributed by atoms with Gasteiger partial charge in [-0.3, -0.25) is 14.4 Å². The highest BCUT2D eigenvalue weighted by Crippen LogP contribution is 2.55. The molecule has 6 nitrogen and oxygen atoms in total. The summed E-state index contributed by atoms with van der Waals surface area (Å²) in [6.07, 6.45) is 6.24. The molecule has 7 heteroatoms. The predicted octanol–water partition coefficient (Wildman–Crippen LogP) is 2.49. The molecule has 4 aliphatic rings. The van der Waals surface area contributed by atoms with Gasteiger partial charge in [0.05, 0.1) is 4.88 Å². The lowest BCUT2D eigenvalue weighted by molar-refractivity contribution is -0.155. The molecule has 2 N–H and O–H groups in total. The van der Waals surface area contributed by atoms with Crippen LogP contribution >= 0.6 is 11.3 Å². The lowest BCUT2D eigenvalue weighted by Crippen LogP contribution is -2.61. The molecule has 4 fully saturated rings. The summed E-state index contributed by atoms with van der Waals surface area (Å²) in [4.78, 5) is 37.0. The summed E-state index contributed by atoms with van der Waals surface area (Å²) < 4.78 is 5.23. The molecule has 1 heterocycles. The van der Waals surface area contributed by atoms with Crippen LogP contribution in [0.5, 0.6) is 0 Å². The summed E-state index contributed by atoms with van der Waals surface area (Å²) in [5.74, 6) is 1.07. The maximum absolute atomic E-state index is 12.6. The van der Waals surface area contributed by atoms with E-state index in [-0.39, 0.29) is 23.9 Å². The molecule has 0 unspecified atom stereocenters. The molecule has 146 valence electrons. The zero-order chi connectivity index (χ0) is 19.0. The van der Waals surface area contributed by atoms with Gasteiger partial charge in [-0.1, -0.05) is 6.07 Å². The molecule has 0 saturated heterocycles. The van der Waals surface area contributed by atoms with Gasteiger partial charge in [-0.2, -0.15) is 0 Å². The van der Waals surface area contributed by atoms with Crippen LogP contribution in [0.15, 0.2) is 17.5 Å². The number of thiophene rings is 1. The zero-order valence-corrected chi connectivity index (χ0v) is 16.3. The molecule has 0 aliphatic heterocycles. The van der Waals surface area contributed by atoms with Crippen LogP contribution in [0.4, 0.5) is 0 Å². The van der Waals surface area contributed by atoms with Crippen LogP contribution in [0.3, 0.4) is 0 Å². The van der Waals surface area contributed by atoms with Gasteiger partial charge >= 0.3 is 5.97 Å². The van der Waals surface area contributed by atoms with Crippen molar-refractivity contribution in [1.29, 1.82) is 0 Å². The van der Waals surface area contributed by atoms with E-state index in [1.54, 1.807) is 24.4 Å². The molecule has 0 aromatic carbocycles. The fourth-order valence-corrected chi connectivity index (χ4v) is 6.21. The van der Waals surface area contributed by atoms with Gasteiger partial charge in [0.25, 0.3) is 11.8 Å². The van der Waals surface area contributed by atoms with E-state index in [2.05, 4.69) is 10.6 Å². The van der Waals surface area contributed by atoms with Crippen molar-refractivity contribution in [3.63, 3.8) is 0 Å². The highest BCUT2D eigenvalue weighted by atomic mass is 32.1. The van der Waals surface area contributed by atoms with Gasteiger partial charge in [-0.15, -0.1) is 11.3 Å². The van der Waals surface area contributed by atoms with Crippen LogP contribution in [-0.2, 0) is 14.3 Å². The van der Waals surface area contributed by atoms with Gasteiger partial charge in [0.15, 0.2) is 6.10 Å². The molecule has 27 heavy (non-hydrogen) atoms. The van der Waals surface area contributed by atoms with Gasteiger partial charge in [-0.05, 0) is 74.6 Å². The third-order valence-corrected chi connectivity index (χ3v) is 7.11. The maximum Gasteiger partial charge on any atom is 0.326 e. The number of ether oxygens (including phenoxy) is 1. The Morgan fingerprint density at radius 3 is 2.37 bits per heavy atom. The SMILES string of the molecule is C[C@@H](OC(=O)CNC(=O)c1cccs1)C(=O)NC12CC3CC(CC(C3)C1)C2. The second kappa shape index (κ2) is 7.26. The first-order valence-corrected chi connectivity index (χ1v) is 10.6. The average Bonchev–Trinajstić information content (AvgIpc) is 3.12.